The Bertz CT molecular complexity index is 497. The van der Waals surface area contributed by atoms with Crippen molar-refractivity contribution in [3.8, 4) is 5.88 Å². The van der Waals surface area contributed by atoms with Crippen molar-refractivity contribution < 1.29 is 4.74 Å². The number of nitrogens with zero attached hydrogens (tertiary/aromatic N) is 1. The molecule has 0 aliphatic carbocycles. The quantitative estimate of drug-likeness (QED) is 0.874. The molecule has 17 heavy (non-hydrogen) atoms. The molecule has 0 atom stereocenters. The smallest absolute Gasteiger partial charge is 0.213 e. The van der Waals surface area contributed by atoms with E-state index in [2.05, 4.69) is 24.0 Å². The predicted molar refractivity (Wildman–Crippen MR) is 67.6 cm³/mol. The van der Waals surface area contributed by atoms with E-state index in [4.69, 9.17) is 10.5 Å². The van der Waals surface area contributed by atoms with Gasteiger partial charge >= 0.3 is 0 Å². The topological polar surface area (TPSA) is 48.1 Å². The number of benzene rings is 1. The van der Waals surface area contributed by atoms with Crippen LogP contribution in [-0.4, -0.2) is 4.98 Å². The minimum absolute atomic E-state index is 0.503. The van der Waals surface area contributed by atoms with Crippen molar-refractivity contribution in [1.29, 1.82) is 0 Å². The van der Waals surface area contributed by atoms with Gasteiger partial charge in [-0.1, -0.05) is 29.8 Å². The largest absolute Gasteiger partial charge is 0.473 e. The molecule has 0 amide bonds. The normalized spacial score (nSPS) is 10.2. The molecule has 3 heteroatoms. The van der Waals surface area contributed by atoms with Crippen LogP contribution < -0.4 is 10.5 Å². The number of hydrogen-bond donors (Lipinski definition) is 1. The lowest BCUT2D eigenvalue weighted by Crippen LogP contribution is -2.00. The number of hydrogen-bond acceptors (Lipinski definition) is 3. The van der Waals surface area contributed by atoms with Crippen molar-refractivity contribution in [2.75, 3.05) is 0 Å². The minimum atomic E-state index is 0.503. The van der Waals surface area contributed by atoms with Gasteiger partial charge in [0.05, 0.1) is 0 Å². The third-order valence-electron chi connectivity index (χ3n) is 2.50. The summed E-state index contributed by atoms with van der Waals surface area (Å²) in [6, 6.07) is 12.0. The third-order valence-corrected chi connectivity index (χ3v) is 2.50. The second kappa shape index (κ2) is 5.46. The zero-order valence-corrected chi connectivity index (χ0v) is 9.89. The van der Waals surface area contributed by atoms with Crippen LogP contribution >= 0.6 is 0 Å². The number of rotatable bonds is 4. The monoisotopic (exact) mass is 228 g/mol. The molecule has 0 spiro atoms. The van der Waals surface area contributed by atoms with Gasteiger partial charge in [-0.05, 0) is 24.1 Å². The summed E-state index contributed by atoms with van der Waals surface area (Å²) in [5, 5.41) is 0. The standard InChI is InChI=1S/C14H16N2O/c1-11-3-2-4-13(7-11)10-17-14-8-12(9-15)5-6-16-14/h2-8H,9-10,15H2,1H3. The van der Waals surface area contributed by atoms with E-state index in [1.807, 2.05) is 24.3 Å². The molecule has 1 aromatic heterocycles. The fraction of sp³-hybridized carbons (Fsp3) is 0.214. The first-order chi connectivity index (χ1) is 8.28. The highest BCUT2D eigenvalue weighted by Crippen LogP contribution is 2.12. The van der Waals surface area contributed by atoms with Crippen LogP contribution in [0.5, 0.6) is 5.88 Å². The van der Waals surface area contributed by atoms with E-state index in [0.717, 1.165) is 11.1 Å². The lowest BCUT2D eigenvalue weighted by Gasteiger charge is -2.06. The predicted octanol–water partition coefficient (Wildman–Crippen LogP) is 2.43. The van der Waals surface area contributed by atoms with Gasteiger partial charge in [0.25, 0.3) is 0 Å². The molecule has 3 nitrogen and oxygen atoms in total. The number of ether oxygens (including phenoxy) is 1. The van der Waals surface area contributed by atoms with Crippen molar-refractivity contribution in [1.82, 2.24) is 4.98 Å². The summed E-state index contributed by atoms with van der Waals surface area (Å²) in [4.78, 5) is 4.15. The Hall–Kier alpha value is -1.87. The van der Waals surface area contributed by atoms with Crippen LogP contribution in [0, 0.1) is 6.92 Å². The third kappa shape index (κ3) is 3.29. The molecule has 0 saturated carbocycles. The lowest BCUT2D eigenvalue weighted by atomic mass is 10.1. The molecule has 0 radical (unpaired) electrons. The van der Waals surface area contributed by atoms with Gasteiger partial charge in [0, 0.05) is 18.8 Å². The summed E-state index contributed by atoms with van der Waals surface area (Å²) in [6.07, 6.45) is 1.72. The van der Waals surface area contributed by atoms with E-state index < -0.39 is 0 Å². The second-order valence-electron chi connectivity index (χ2n) is 3.98. The van der Waals surface area contributed by atoms with Crippen LogP contribution in [0.4, 0.5) is 0 Å². The molecule has 0 fully saturated rings. The maximum atomic E-state index is 5.62. The van der Waals surface area contributed by atoms with Crippen molar-refractivity contribution >= 4 is 0 Å². The maximum absolute atomic E-state index is 5.62. The van der Waals surface area contributed by atoms with Gasteiger partial charge in [-0.25, -0.2) is 4.98 Å². The van der Waals surface area contributed by atoms with Crippen LogP contribution in [0.3, 0.4) is 0 Å². The second-order valence-corrected chi connectivity index (χ2v) is 3.98. The van der Waals surface area contributed by atoms with E-state index in [9.17, 15) is 0 Å². The van der Waals surface area contributed by atoms with Gasteiger partial charge in [0.2, 0.25) is 5.88 Å². The molecule has 0 unspecified atom stereocenters. The first-order valence-corrected chi connectivity index (χ1v) is 5.61. The molecule has 2 N–H and O–H groups in total. The Morgan fingerprint density at radius 1 is 1.18 bits per heavy atom. The van der Waals surface area contributed by atoms with E-state index in [0.29, 0.717) is 19.0 Å². The molecule has 88 valence electrons. The number of nitrogens with two attached hydrogens (primary N) is 1. The SMILES string of the molecule is Cc1cccc(COc2cc(CN)ccn2)c1. The van der Waals surface area contributed by atoms with E-state index in [-0.39, 0.29) is 0 Å². The Morgan fingerprint density at radius 2 is 2.06 bits per heavy atom. The van der Waals surface area contributed by atoms with Gasteiger partial charge < -0.3 is 10.5 Å². The molecular weight excluding hydrogens is 212 g/mol. The van der Waals surface area contributed by atoms with E-state index in [1.54, 1.807) is 6.20 Å². The molecule has 2 rings (SSSR count). The number of aryl methyl sites for hydroxylation is 1. The summed E-state index contributed by atoms with van der Waals surface area (Å²) >= 11 is 0. The molecule has 0 aliphatic heterocycles. The summed E-state index contributed by atoms with van der Waals surface area (Å²) in [6.45, 7) is 3.10. The summed E-state index contributed by atoms with van der Waals surface area (Å²) in [5.74, 6) is 0.620. The van der Waals surface area contributed by atoms with Crippen LogP contribution in [0.1, 0.15) is 16.7 Å². The fourth-order valence-electron chi connectivity index (χ4n) is 1.62. The first-order valence-electron chi connectivity index (χ1n) is 5.61. The number of pyridine rings is 1. The fourth-order valence-corrected chi connectivity index (χ4v) is 1.62. The summed E-state index contributed by atoms with van der Waals surface area (Å²) < 4.78 is 5.62. The highest BCUT2D eigenvalue weighted by atomic mass is 16.5. The molecule has 0 bridgehead atoms. The zero-order valence-electron chi connectivity index (χ0n) is 9.89. The lowest BCUT2D eigenvalue weighted by molar-refractivity contribution is 0.293. The number of aromatic nitrogens is 1. The van der Waals surface area contributed by atoms with Crippen LogP contribution in [0.15, 0.2) is 42.6 Å². The van der Waals surface area contributed by atoms with Gasteiger partial charge in [0.15, 0.2) is 0 Å². The molecule has 0 saturated heterocycles. The first kappa shape index (κ1) is 11.6. The van der Waals surface area contributed by atoms with Crippen molar-refractivity contribution in [3.05, 3.63) is 59.3 Å². The maximum Gasteiger partial charge on any atom is 0.213 e. The van der Waals surface area contributed by atoms with Crippen molar-refractivity contribution in [2.24, 2.45) is 5.73 Å². The minimum Gasteiger partial charge on any atom is -0.473 e. The van der Waals surface area contributed by atoms with Crippen LogP contribution in [0.2, 0.25) is 0 Å². The molecule has 0 aliphatic rings. The van der Waals surface area contributed by atoms with Crippen LogP contribution in [-0.2, 0) is 13.2 Å². The Balaban J connectivity index is 2.02. The molecule has 2 aromatic rings. The summed E-state index contributed by atoms with van der Waals surface area (Å²) in [5.41, 5.74) is 8.96. The Kier molecular flexibility index (Phi) is 3.73. The van der Waals surface area contributed by atoms with E-state index in [1.165, 1.54) is 5.56 Å². The van der Waals surface area contributed by atoms with Crippen molar-refractivity contribution in [2.45, 2.75) is 20.1 Å². The molecular formula is C14H16N2O. The summed E-state index contributed by atoms with van der Waals surface area (Å²) in [7, 11) is 0. The van der Waals surface area contributed by atoms with Crippen molar-refractivity contribution in [3.63, 3.8) is 0 Å². The van der Waals surface area contributed by atoms with Gasteiger partial charge in [0.1, 0.15) is 6.61 Å². The Labute approximate surface area is 101 Å². The molecule has 1 aromatic carbocycles. The zero-order chi connectivity index (χ0) is 12.1. The average molecular weight is 228 g/mol. The molecule has 1 heterocycles. The van der Waals surface area contributed by atoms with E-state index >= 15 is 0 Å². The average Bonchev–Trinajstić information content (AvgIpc) is 2.37. The van der Waals surface area contributed by atoms with Gasteiger partial charge in [-0.15, -0.1) is 0 Å². The van der Waals surface area contributed by atoms with Gasteiger partial charge in [-0.3, -0.25) is 0 Å². The highest BCUT2D eigenvalue weighted by molar-refractivity contribution is 5.23. The Morgan fingerprint density at radius 3 is 2.82 bits per heavy atom. The highest BCUT2D eigenvalue weighted by Gasteiger charge is 1.98. The van der Waals surface area contributed by atoms with Crippen LogP contribution in [0.25, 0.3) is 0 Å². The van der Waals surface area contributed by atoms with Gasteiger partial charge in [-0.2, -0.15) is 0 Å².